The van der Waals surface area contributed by atoms with E-state index in [1.807, 2.05) is 32.9 Å². The maximum absolute atomic E-state index is 12.5. The predicted octanol–water partition coefficient (Wildman–Crippen LogP) is 3.38. The zero-order valence-electron chi connectivity index (χ0n) is 12.6. The summed E-state index contributed by atoms with van der Waals surface area (Å²) >= 11 is 6.14. The number of carbonyl (C=O) groups is 2. The molecule has 1 aromatic rings. The average molecular weight is 309 g/mol. The number of amides is 2. The maximum atomic E-state index is 12.5. The average Bonchev–Trinajstić information content (AvgIpc) is 2.72. The number of rotatable bonds is 5. The summed E-state index contributed by atoms with van der Waals surface area (Å²) in [7, 11) is 0. The smallest absolute Gasteiger partial charge is 0.252 e. The van der Waals surface area contributed by atoms with E-state index in [0.717, 1.165) is 18.4 Å². The van der Waals surface area contributed by atoms with Gasteiger partial charge in [0.2, 0.25) is 5.91 Å². The quantitative estimate of drug-likeness (QED) is 0.848. The van der Waals surface area contributed by atoms with Crippen molar-refractivity contribution >= 4 is 29.1 Å². The molecule has 1 aliphatic rings. The summed E-state index contributed by atoms with van der Waals surface area (Å²) in [5.74, 6) is -0.249. The van der Waals surface area contributed by atoms with E-state index in [1.165, 1.54) is 4.90 Å². The third kappa shape index (κ3) is 3.21. The van der Waals surface area contributed by atoms with Crippen molar-refractivity contribution in [2.24, 2.45) is 0 Å². The Bertz CT molecular complexity index is 555. The molecule has 114 valence electrons. The normalized spacial score (nSPS) is 18.7. The van der Waals surface area contributed by atoms with Crippen LogP contribution in [-0.4, -0.2) is 28.8 Å². The highest BCUT2D eigenvalue weighted by atomic mass is 35.5. The number of likely N-dealkylation sites (tertiary alicyclic amines) is 1. The molecule has 4 nitrogen and oxygen atoms in total. The second-order valence-corrected chi connectivity index (χ2v) is 5.86. The van der Waals surface area contributed by atoms with Gasteiger partial charge in [-0.25, -0.2) is 0 Å². The molecule has 1 fully saturated rings. The molecule has 0 aromatic heterocycles. The Balaban J connectivity index is 2.17. The van der Waals surface area contributed by atoms with Crippen LogP contribution >= 0.6 is 11.6 Å². The number of hydrogen-bond donors (Lipinski definition) is 1. The number of nitrogens with one attached hydrogen (secondary N) is 1. The highest BCUT2D eigenvalue weighted by molar-refractivity contribution is 6.33. The summed E-state index contributed by atoms with van der Waals surface area (Å²) in [6, 6.07) is 5.06. The molecule has 2 amide bonds. The summed E-state index contributed by atoms with van der Waals surface area (Å²) in [6.45, 7) is 5.94. The summed E-state index contributed by atoms with van der Waals surface area (Å²) in [5, 5.41) is 3.68. The molecule has 2 rings (SSSR count). The summed E-state index contributed by atoms with van der Waals surface area (Å²) in [4.78, 5) is 26.0. The molecular formula is C16H21ClN2O2. The van der Waals surface area contributed by atoms with E-state index in [2.05, 4.69) is 5.32 Å². The van der Waals surface area contributed by atoms with Gasteiger partial charge in [0.25, 0.3) is 5.91 Å². The van der Waals surface area contributed by atoms with Crippen LogP contribution in [0.5, 0.6) is 0 Å². The molecule has 0 spiro atoms. The van der Waals surface area contributed by atoms with Crippen molar-refractivity contribution in [2.75, 3.05) is 5.32 Å². The highest BCUT2D eigenvalue weighted by Gasteiger charge is 2.41. The molecule has 1 aliphatic heterocycles. The van der Waals surface area contributed by atoms with Crippen molar-refractivity contribution < 1.29 is 9.59 Å². The third-order valence-electron chi connectivity index (χ3n) is 3.94. The molecule has 1 saturated heterocycles. The van der Waals surface area contributed by atoms with Crippen molar-refractivity contribution in [3.05, 3.63) is 28.8 Å². The number of halogens is 1. The molecule has 1 heterocycles. The minimum Gasteiger partial charge on any atom is -0.372 e. The molecule has 0 radical (unpaired) electrons. The van der Waals surface area contributed by atoms with Crippen LogP contribution in [0, 0.1) is 6.92 Å². The van der Waals surface area contributed by atoms with Gasteiger partial charge < -0.3 is 5.32 Å². The van der Waals surface area contributed by atoms with Gasteiger partial charge in [0.05, 0.1) is 17.1 Å². The highest BCUT2D eigenvalue weighted by Crippen LogP contribution is 2.27. The Kier molecular flexibility index (Phi) is 4.88. The first kappa shape index (κ1) is 15.8. The fraction of sp³-hybridized carbons (Fsp3) is 0.500. The summed E-state index contributed by atoms with van der Waals surface area (Å²) in [6.07, 6.45) is 1.76. The minimum absolute atomic E-state index is 0.00946. The van der Waals surface area contributed by atoms with Crippen LogP contribution < -0.4 is 5.32 Å². The third-order valence-corrected chi connectivity index (χ3v) is 4.27. The van der Waals surface area contributed by atoms with E-state index in [4.69, 9.17) is 11.6 Å². The van der Waals surface area contributed by atoms with Gasteiger partial charge in [0.1, 0.15) is 6.04 Å². The fourth-order valence-electron chi connectivity index (χ4n) is 2.74. The van der Waals surface area contributed by atoms with Crippen LogP contribution in [0.4, 0.5) is 5.69 Å². The lowest BCUT2D eigenvalue weighted by Gasteiger charge is -2.24. The minimum atomic E-state index is -0.516. The Morgan fingerprint density at radius 3 is 2.62 bits per heavy atom. The van der Waals surface area contributed by atoms with Crippen LogP contribution in [-0.2, 0) is 9.59 Å². The summed E-state index contributed by atoms with van der Waals surface area (Å²) in [5.41, 5.74) is 1.75. The van der Waals surface area contributed by atoms with Crippen LogP contribution in [0.2, 0.25) is 5.02 Å². The van der Waals surface area contributed by atoms with E-state index < -0.39 is 6.04 Å². The van der Waals surface area contributed by atoms with Crippen molar-refractivity contribution in [3.8, 4) is 0 Å². The van der Waals surface area contributed by atoms with Crippen molar-refractivity contribution in [1.29, 1.82) is 0 Å². The molecule has 0 bridgehead atoms. The fourth-order valence-corrected chi connectivity index (χ4v) is 2.91. The Labute approximate surface area is 130 Å². The zero-order chi connectivity index (χ0) is 15.6. The maximum Gasteiger partial charge on any atom is 0.252 e. The molecular weight excluding hydrogens is 288 g/mol. The lowest BCUT2D eigenvalue weighted by atomic mass is 10.1. The van der Waals surface area contributed by atoms with E-state index in [1.54, 1.807) is 6.07 Å². The first-order chi connectivity index (χ1) is 9.97. The van der Waals surface area contributed by atoms with E-state index in [9.17, 15) is 9.59 Å². The largest absolute Gasteiger partial charge is 0.372 e. The van der Waals surface area contributed by atoms with Gasteiger partial charge in [-0.3, -0.25) is 14.5 Å². The molecule has 5 heteroatoms. The second-order valence-electron chi connectivity index (χ2n) is 5.46. The van der Waals surface area contributed by atoms with Crippen LogP contribution in [0.25, 0.3) is 0 Å². The van der Waals surface area contributed by atoms with Gasteiger partial charge in [-0.1, -0.05) is 31.5 Å². The molecule has 1 atom stereocenters. The lowest BCUT2D eigenvalue weighted by Crippen LogP contribution is -2.41. The van der Waals surface area contributed by atoms with Crippen LogP contribution in [0.1, 0.15) is 38.7 Å². The molecule has 0 saturated carbocycles. The molecule has 1 unspecified atom stereocenters. The van der Waals surface area contributed by atoms with Crippen molar-refractivity contribution in [3.63, 3.8) is 0 Å². The molecule has 1 aromatic carbocycles. The second kappa shape index (κ2) is 6.48. The predicted molar refractivity (Wildman–Crippen MR) is 84.4 cm³/mol. The number of carbonyl (C=O) groups excluding carboxylic acids is 2. The van der Waals surface area contributed by atoms with Gasteiger partial charge in [-0.05, 0) is 37.5 Å². The monoisotopic (exact) mass is 308 g/mol. The number of aryl methyl sites for hydroxylation is 1. The number of imide groups is 1. The van der Waals surface area contributed by atoms with Gasteiger partial charge >= 0.3 is 0 Å². The van der Waals surface area contributed by atoms with Gasteiger partial charge in [-0.2, -0.15) is 0 Å². The molecule has 0 aliphatic carbocycles. The number of anilines is 1. The topological polar surface area (TPSA) is 49.4 Å². The SMILES string of the molecule is CCC(CC)N1C(=O)CC(Nc2cc(C)ccc2Cl)C1=O. The Morgan fingerprint density at radius 1 is 1.33 bits per heavy atom. The van der Waals surface area contributed by atoms with Gasteiger partial charge in [-0.15, -0.1) is 0 Å². The number of hydrogen-bond acceptors (Lipinski definition) is 3. The summed E-state index contributed by atoms with van der Waals surface area (Å²) < 4.78 is 0. The van der Waals surface area contributed by atoms with E-state index in [0.29, 0.717) is 10.7 Å². The van der Waals surface area contributed by atoms with E-state index in [-0.39, 0.29) is 24.3 Å². The van der Waals surface area contributed by atoms with Crippen LogP contribution in [0.3, 0.4) is 0 Å². The van der Waals surface area contributed by atoms with Gasteiger partial charge in [0.15, 0.2) is 0 Å². The standard InChI is InChI=1S/C16H21ClN2O2/c1-4-11(5-2)19-15(20)9-14(16(19)21)18-13-8-10(3)6-7-12(13)17/h6-8,11,14,18H,4-5,9H2,1-3H3. The Hall–Kier alpha value is -1.55. The number of nitrogens with zero attached hydrogens (tertiary/aromatic N) is 1. The van der Waals surface area contributed by atoms with Gasteiger partial charge in [0, 0.05) is 6.04 Å². The first-order valence-corrected chi connectivity index (χ1v) is 7.74. The molecule has 21 heavy (non-hydrogen) atoms. The lowest BCUT2D eigenvalue weighted by molar-refractivity contribution is -0.141. The van der Waals surface area contributed by atoms with Crippen LogP contribution in [0.15, 0.2) is 18.2 Å². The van der Waals surface area contributed by atoms with Crippen molar-refractivity contribution in [2.45, 2.75) is 52.1 Å². The number of benzene rings is 1. The first-order valence-electron chi connectivity index (χ1n) is 7.36. The molecule has 1 N–H and O–H groups in total. The van der Waals surface area contributed by atoms with Crippen molar-refractivity contribution in [1.82, 2.24) is 4.90 Å². The zero-order valence-corrected chi connectivity index (χ0v) is 13.4. The van der Waals surface area contributed by atoms with E-state index >= 15 is 0 Å². The Morgan fingerprint density at radius 2 is 2.00 bits per heavy atom.